The van der Waals surface area contributed by atoms with Gasteiger partial charge in [-0.1, -0.05) is 77.3 Å². The number of hydrazine groups is 1. The van der Waals surface area contributed by atoms with Crippen LogP contribution in [0.1, 0.15) is 5.56 Å². The zero-order chi connectivity index (χ0) is 17.6. The Hall–Kier alpha value is -1.66. The maximum absolute atomic E-state index is 12.0. The van der Waals surface area contributed by atoms with E-state index in [1.54, 1.807) is 24.3 Å². The van der Waals surface area contributed by atoms with Gasteiger partial charge in [0.15, 0.2) is 0 Å². The number of hydrogen-bond acceptors (Lipinski definition) is 4. The molecule has 1 amide bonds. The molecule has 0 unspecified atom stereocenters. The molecule has 0 fully saturated rings. The molecule has 0 bridgehead atoms. The molecular weight excluding hydrogens is 375 g/mol. The molecule has 8 heteroatoms. The second-order valence-electron chi connectivity index (χ2n) is 4.78. The van der Waals surface area contributed by atoms with Crippen LogP contribution >= 0.6 is 34.8 Å². The molecule has 0 saturated carbocycles. The van der Waals surface area contributed by atoms with Crippen LogP contribution in [0.3, 0.4) is 0 Å². The minimum atomic E-state index is -1.71. The van der Waals surface area contributed by atoms with E-state index in [0.29, 0.717) is 18.0 Å². The number of rotatable bonds is 5. The molecule has 0 aromatic heterocycles. The number of ether oxygens (including phenoxy) is 2. The van der Waals surface area contributed by atoms with Crippen molar-refractivity contribution in [2.45, 2.75) is 10.4 Å². The second-order valence-corrected chi connectivity index (χ2v) is 7.30. The third-order valence-electron chi connectivity index (χ3n) is 2.92. The molecule has 2 N–H and O–H groups in total. The minimum Gasteiger partial charge on any atom is -0.487 e. The van der Waals surface area contributed by atoms with Crippen LogP contribution in [0.2, 0.25) is 0 Å². The summed E-state index contributed by atoms with van der Waals surface area (Å²) in [6.07, 6.45) is -0.864. The summed E-state index contributed by atoms with van der Waals surface area (Å²) >= 11 is 16.6. The summed E-state index contributed by atoms with van der Waals surface area (Å²) in [6.45, 7) is -0.0911. The number of benzene rings is 2. The van der Waals surface area contributed by atoms with Crippen LogP contribution in [0.4, 0.5) is 10.5 Å². The van der Waals surface area contributed by atoms with E-state index < -0.39 is 16.5 Å². The van der Waals surface area contributed by atoms with Crippen LogP contribution in [0, 0.1) is 0 Å². The Morgan fingerprint density at radius 2 is 1.67 bits per heavy atom. The summed E-state index contributed by atoms with van der Waals surface area (Å²) in [5.74, 6) is 6.21. The van der Waals surface area contributed by atoms with Gasteiger partial charge in [-0.05, 0) is 17.7 Å². The Bertz CT molecular complexity index is 678. The molecule has 0 saturated heterocycles. The van der Waals surface area contributed by atoms with Crippen LogP contribution in [-0.2, 0) is 11.3 Å². The molecule has 128 valence electrons. The third-order valence-corrected chi connectivity index (χ3v) is 3.25. The number of para-hydroxylation sites is 2. The summed E-state index contributed by atoms with van der Waals surface area (Å²) in [5.41, 5.74) is 1.32. The van der Waals surface area contributed by atoms with Crippen molar-refractivity contribution in [3.63, 3.8) is 0 Å². The Kier molecular flexibility index (Phi) is 6.57. The van der Waals surface area contributed by atoms with E-state index in [0.717, 1.165) is 10.6 Å². The summed E-state index contributed by atoms with van der Waals surface area (Å²) in [4.78, 5) is 12.0. The lowest BCUT2D eigenvalue weighted by Gasteiger charge is -2.21. The van der Waals surface area contributed by atoms with Crippen molar-refractivity contribution in [3.8, 4) is 5.75 Å². The van der Waals surface area contributed by atoms with Crippen LogP contribution in [0.25, 0.3) is 0 Å². The number of alkyl halides is 3. The Labute approximate surface area is 154 Å². The number of hydrogen-bond donors (Lipinski definition) is 1. The predicted molar refractivity (Wildman–Crippen MR) is 95.5 cm³/mol. The summed E-state index contributed by atoms with van der Waals surface area (Å²) in [7, 11) is 0. The number of nitrogens with two attached hydrogens (primary N) is 1. The van der Waals surface area contributed by atoms with Gasteiger partial charge in [-0.2, -0.15) is 0 Å². The van der Waals surface area contributed by atoms with Crippen molar-refractivity contribution < 1.29 is 14.3 Å². The van der Waals surface area contributed by atoms with E-state index in [2.05, 4.69) is 0 Å². The zero-order valence-corrected chi connectivity index (χ0v) is 14.8. The third kappa shape index (κ3) is 5.76. The van der Waals surface area contributed by atoms with Crippen molar-refractivity contribution in [2.24, 2.45) is 5.84 Å². The highest BCUT2D eigenvalue weighted by atomic mass is 35.6. The van der Waals surface area contributed by atoms with Crippen LogP contribution in [0.5, 0.6) is 5.75 Å². The van der Waals surface area contributed by atoms with Crippen molar-refractivity contribution in [3.05, 3.63) is 60.2 Å². The van der Waals surface area contributed by atoms with Gasteiger partial charge in [0.1, 0.15) is 24.7 Å². The fraction of sp³-hybridized carbons (Fsp3) is 0.188. The van der Waals surface area contributed by atoms with Crippen molar-refractivity contribution in [1.82, 2.24) is 0 Å². The molecule has 2 aromatic rings. The Balaban J connectivity index is 2.05. The topological polar surface area (TPSA) is 64.8 Å². The normalized spacial score (nSPS) is 11.0. The fourth-order valence-electron chi connectivity index (χ4n) is 1.83. The van der Waals surface area contributed by atoms with Gasteiger partial charge in [0.2, 0.25) is 3.79 Å². The maximum atomic E-state index is 12.0. The Morgan fingerprint density at radius 3 is 2.33 bits per heavy atom. The molecule has 0 atom stereocenters. The molecule has 0 heterocycles. The number of nitrogens with zero attached hydrogens (tertiary/aromatic N) is 1. The van der Waals surface area contributed by atoms with Crippen molar-refractivity contribution >= 4 is 46.6 Å². The van der Waals surface area contributed by atoms with E-state index in [9.17, 15) is 4.79 Å². The van der Waals surface area contributed by atoms with Crippen LogP contribution in [-0.4, -0.2) is 16.5 Å². The first-order valence-electron chi connectivity index (χ1n) is 6.91. The van der Waals surface area contributed by atoms with Gasteiger partial charge in [-0.15, -0.1) is 0 Å². The maximum Gasteiger partial charge on any atom is 0.429 e. The molecule has 0 aliphatic heterocycles. The average Bonchev–Trinajstić information content (AvgIpc) is 2.57. The van der Waals surface area contributed by atoms with Crippen molar-refractivity contribution in [2.75, 3.05) is 11.6 Å². The van der Waals surface area contributed by atoms with Gasteiger partial charge < -0.3 is 9.47 Å². The summed E-state index contributed by atoms with van der Waals surface area (Å²) in [6, 6.07) is 16.4. The Morgan fingerprint density at radius 1 is 1.04 bits per heavy atom. The van der Waals surface area contributed by atoms with E-state index in [-0.39, 0.29) is 0 Å². The number of carbonyl (C=O) groups excluding carboxylic acids is 1. The van der Waals surface area contributed by atoms with E-state index in [1.807, 2.05) is 30.3 Å². The zero-order valence-electron chi connectivity index (χ0n) is 12.5. The smallest absolute Gasteiger partial charge is 0.429 e. The summed E-state index contributed by atoms with van der Waals surface area (Å²) < 4.78 is 8.87. The molecule has 5 nitrogen and oxygen atoms in total. The highest BCUT2D eigenvalue weighted by molar-refractivity contribution is 6.67. The quantitative estimate of drug-likeness (QED) is 0.355. The van der Waals surface area contributed by atoms with Gasteiger partial charge in [0.05, 0.1) is 0 Å². The summed E-state index contributed by atoms with van der Waals surface area (Å²) in [5, 5.41) is 0.802. The molecule has 0 aliphatic carbocycles. The second kappa shape index (κ2) is 8.44. The first kappa shape index (κ1) is 18.7. The molecule has 0 spiro atoms. The van der Waals surface area contributed by atoms with Gasteiger partial charge >= 0.3 is 6.09 Å². The largest absolute Gasteiger partial charge is 0.487 e. The lowest BCUT2D eigenvalue weighted by Crippen LogP contribution is -2.39. The molecule has 2 rings (SSSR count). The monoisotopic (exact) mass is 388 g/mol. The number of amides is 1. The fourth-order valence-corrected chi connectivity index (χ4v) is 1.99. The van der Waals surface area contributed by atoms with Gasteiger partial charge in [0.25, 0.3) is 0 Å². The first-order chi connectivity index (χ1) is 11.4. The number of anilines is 1. The first-order valence-corrected chi connectivity index (χ1v) is 8.04. The van der Waals surface area contributed by atoms with Gasteiger partial charge in [-0.25, -0.2) is 15.6 Å². The molecule has 0 radical (unpaired) electrons. The molecule has 0 aliphatic rings. The van der Waals surface area contributed by atoms with Crippen LogP contribution in [0.15, 0.2) is 54.6 Å². The predicted octanol–water partition coefficient (Wildman–Crippen LogP) is 4.45. The van der Waals surface area contributed by atoms with E-state index >= 15 is 0 Å². The minimum absolute atomic E-state index is 0.328. The van der Waals surface area contributed by atoms with Crippen molar-refractivity contribution in [1.29, 1.82) is 0 Å². The van der Waals surface area contributed by atoms with E-state index in [4.69, 9.17) is 50.1 Å². The number of halogens is 3. The lowest BCUT2D eigenvalue weighted by atomic mass is 10.2. The standard InChI is InChI=1S/C16H15Cl3N2O3/c17-16(18,19)11-24-15(22)21(20)13-8-4-5-9-14(13)23-10-12-6-2-1-3-7-12/h1-9H,10-11,20H2. The average molecular weight is 390 g/mol. The number of carbonyl (C=O) groups is 1. The highest BCUT2D eigenvalue weighted by Gasteiger charge is 2.25. The SMILES string of the molecule is NN(C(=O)OCC(Cl)(Cl)Cl)c1ccccc1OCc1ccccc1. The molecule has 2 aromatic carbocycles. The van der Waals surface area contributed by atoms with Gasteiger partial charge in [0, 0.05) is 0 Å². The van der Waals surface area contributed by atoms with Gasteiger partial charge in [-0.3, -0.25) is 0 Å². The molecule has 24 heavy (non-hydrogen) atoms. The highest BCUT2D eigenvalue weighted by Crippen LogP contribution is 2.29. The van der Waals surface area contributed by atoms with Crippen LogP contribution < -0.4 is 15.6 Å². The lowest BCUT2D eigenvalue weighted by molar-refractivity contribution is 0.155. The molecular formula is C16H15Cl3N2O3. The van der Waals surface area contributed by atoms with E-state index in [1.165, 1.54) is 0 Å².